The summed E-state index contributed by atoms with van der Waals surface area (Å²) in [6, 6.07) is 14.4. The van der Waals surface area contributed by atoms with Crippen molar-refractivity contribution < 1.29 is 0 Å². The quantitative estimate of drug-likeness (QED) is 0.854. The highest BCUT2D eigenvalue weighted by molar-refractivity contribution is 5.63. The molecule has 1 aromatic heterocycles. The smallest absolute Gasteiger partial charge is 0.132 e. The molecule has 0 aliphatic heterocycles. The first-order valence-corrected chi connectivity index (χ1v) is 7.08. The molecule has 2 rings (SSSR count). The number of pyridine rings is 1. The Bertz CT molecular complexity index is 570. The molecule has 0 unspecified atom stereocenters. The third-order valence-electron chi connectivity index (χ3n) is 3.10. The van der Waals surface area contributed by atoms with Gasteiger partial charge in [-0.25, -0.2) is 4.98 Å². The van der Waals surface area contributed by atoms with E-state index in [4.69, 9.17) is 0 Å². The fourth-order valence-electron chi connectivity index (χ4n) is 2.17. The number of benzene rings is 1. The van der Waals surface area contributed by atoms with Gasteiger partial charge >= 0.3 is 0 Å². The molecule has 0 bridgehead atoms. The Hall–Kier alpha value is -2.03. The van der Waals surface area contributed by atoms with Crippen LogP contribution < -0.4 is 10.6 Å². The number of aromatic nitrogens is 1. The lowest BCUT2D eigenvalue weighted by atomic mass is 9.86. The van der Waals surface area contributed by atoms with Crippen LogP contribution in [0.15, 0.2) is 42.5 Å². The van der Waals surface area contributed by atoms with Crippen LogP contribution in [0, 0.1) is 0 Å². The number of hydrogen-bond acceptors (Lipinski definition) is 3. The standard InChI is InChI=1S/C17H23N3/c1-5-18-15-11-8-12-16(20-15)19-14-10-7-6-9-13(14)17(2,3)4/h6-12H,5H2,1-4H3,(H2,18,19,20). The van der Waals surface area contributed by atoms with E-state index in [2.05, 4.69) is 61.5 Å². The van der Waals surface area contributed by atoms with Gasteiger partial charge in [0.05, 0.1) is 0 Å². The average Bonchev–Trinajstić information content (AvgIpc) is 2.39. The zero-order valence-corrected chi connectivity index (χ0v) is 12.7. The highest BCUT2D eigenvalue weighted by Gasteiger charge is 2.17. The van der Waals surface area contributed by atoms with Crippen molar-refractivity contribution >= 4 is 17.3 Å². The molecule has 1 aromatic carbocycles. The Morgan fingerprint density at radius 3 is 2.35 bits per heavy atom. The van der Waals surface area contributed by atoms with Gasteiger partial charge in [-0.1, -0.05) is 45.0 Å². The van der Waals surface area contributed by atoms with Gasteiger partial charge in [0.1, 0.15) is 11.6 Å². The van der Waals surface area contributed by atoms with Gasteiger partial charge < -0.3 is 10.6 Å². The molecule has 106 valence electrons. The van der Waals surface area contributed by atoms with Crippen LogP contribution >= 0.6 is 0 Å². The molecule has 0 radical (unpaired) electrons. The summed E-state index contributed by atoms with van der Waals surface area (Å²) in [4.78, 5) is 4.56. The average molecular weight is 269 g/mol. The summed E-state index contributed by atoms with van der Waals surface area (Å²) in [7, 11) is 0. The van der Waals surface area contributed by atoms with Crippen molar-refractivity contribution in [3.63, 3.8) is 0 Å². The van der Waals surface area contributed by atoms with Crippen LogP contribution in [0.1, 0.15) is 33.3 Å². The van der Waals surface area contributed by atoms with E-state index in [0.29, 0.717) is 0 Å². The largest absolute Gasteiger partial charge is 0.370 e. The molecule has 3 heteroatoms. The second kappa shape index (κ2) is 5.95. The van der Waals surface area contributed by atoms with Crippen LogP contribution in [0.3, 0.4) is 0 Å². The molecule has 3 nitrogen and oxygen atoms in total. The van der Waals surface area contributed by atoms with Crippen molar-refractivity contribution in [1.29, 1.82) is 0 Å². The van der Waals surface area contributed by atoms with E-state index in [1.807, 2.05) is 24.3 Å². The Labute approximate surface area is 121 Å². The number of para-hydroxylation sites is 1. The van der Waals surface area contributed by atoms with Gasteiger partial charge in [-0.05, 0) is 36.1 Å². The second-order valence-corrected chi connectivity index (χ2v) is 5.86. The van der Waals surface area contributed by atoms with Gasteiger partial charge in [0.15, 0.2) is 0 Å². The van der Waals surface area contributed by atoms with Crippen molar-refractivity contribution in [2.75, 3.05) is 17.2 Å². The van der Waals surface area contributed by atoms with Crippen LogP contribution in [0.2, 0.25) is 0 Å². The minimum Gasteiger partial charge on any atom is -0.370 e. The maximum Gasteiger partial charge on any atom is 0.132 e. The van der Waals surface area contributed by atoms with Gasteiger partial charge in [0, 0.05) is 12.2 Å². The summed E-state index contributed by atoms with van der Waals surface area (Å²) < 4.78 is 0. The number of nitrogens with zero attached hydrogens (tertiary/aromatic N) is 1. The number of hydrogen-bond donors (Lipinski definition) is 2. The number of anilines is 3. The SMILES string of the molecule is CCNc1cccc(Nc2ccccc2C(C)(C)C)n1. The maximum absolute atomic E-state index is 4.56. The molecule has 0 fully saturated rings. The summed E-state index contributed by atoms with van der Waals surface area (Å²) in [5.41, 5.74) is 2.50. The summed E-state index contributed by atoms with van der Waals surface area (Å²) in [5, 5.41) is 6.65. The molecule has 0 spiro atoms. The highest BCUT2D eigenvalue weighted by atomic mass is 15.1. The van der Waals surface area contributed by atoms with Crippen molar-refractivity contribution in [1.82, 2.24) is 4.98 Å². The normalized spacial score (nSPS) is 11.2. The van der Waals surface area contributed by atoms with Gasteiger partial charge in [-0.3, -0.25) is 0 Å². The van der Waals surface area contributed by atoms with Crippen LogP contribution in [0.25, 0.3) is 0 Å². The molecule has 2 N–H and O–H groups in total. The third kappa shape index (κ3) is 3.50. The van der Waals surface area contributed by atoms with Crippen LogP contribution in [-0.2, 0) is 5.41 Å². The first-order valence-electron chi connectivity index (χ1n) is 7.08. The molecular formula is C17H23N3. The minimum atomic E-state index is 0.100. The summed E-state index contributed by atoms with van der Waals surface area (Å²) >= 11 is 0. The Kier molecular flexibility index (Phi) is 4.28. The van der Waals surface area contributed by atoms with E-state index in [9.17, 15) is 0 Å². The lowest BCUT2D eigenvalue weighted by molar-refractivity contribution is 0.592. The van der Waals surface area contributed by atoms with Crippen molar-refractivity contribution in [2.45, 2.75) is 33.1 Å². The molecule has 0 saturated carbocycles. The van der Waals surface area contributed by atoms with Crippen LogP contribution in [0.4, 0.5) is 17.3 Å². The minimum absolute atomic E-state index is 0.100. The highest BCUT2D eigenvalue weighted by Crippen LogP contribution is 2.30. The first kappa shape index (κ1) is 14.4. The molecule has 0 saturated heterocycles. The van der Waals surface area contributed by atoms with E-state index in [-0.39, 0.29) is 5.41 Å². The lowest BCUT2D eigenvalue weighted by Crippen LogP contribution is -2.13. The summed E-state index contributed by atoms with van der Waals surface area (Å²) in [6.07, 6.45) is 0. The second-order valence-electron chi connectivity index (χ2n) is 5.86. The molecule has 0 atom stereocenters. The molecule has 0 aliphatic rings. The summed E-state index contributed by atoms with van der Waals surface area (Å²) in [5.74, 6) is 1.76. The van der Waals surface area contributed by atoms with Gasteiger partial charge in [-0.15, -0.1) is 0 Å². The van der Waals surface area contributed by atoms with Crippen molar-refractivity contribution in [3.8, 4) is 0 Å². The van der Waals surface area contributed by atoms with E-state index in [1.165, 1.54) is 5.56 Å². The van der Waals surface area contributed by atoms with Gasteiger partial charge in [-0.2, -0.15) is 0 Å². The molecule has 20 heavy (non-hydrogen) atoms. The van der Waals surface area contributed by atoms with E-state index in [0.717, 1.165) is 23.9 Å². The lowest BCUT2D eigenvalue weighted by Gasteiger charge is -2.23. The fourth-order valence-corrected chi connectivity index (χ4v) is 2.17. The van der Waals surface area contributed by atoms with Gasteiger partial charge in [0.2, 0.25) is 0 Å². The molecule has 1 heterocycles. The predicted octanol–water partition coefficient (Wildman–Crippen LogP) is 4.55. The number of rotatable bonds is 4. The fraction of sp³-hybridized carbons (Fsp3) is 0.353. The molecule has 2 aromatic rings. The predicted molar refractivity (Wildman–Crippen MR) is 86.8 cm³/mol. The Morgan fingerprint density at radius 1 is 0.950 bits per heavy atom. The van der Waals surface area contributed by atoms with Gasteiger partial charge in [0.25, 0.3) is 0 Å². The van der Waals surface area contributed by atoms with E-state index >= 15 is 0 Å². The topological polar surface area (TPSA) is 37.0 Å². The molecule has 0 aliphatic carbocycles. The first-order chi connectivity index (χ1) is 9.50. The van der Waals surface area contributed by atoms with E-state index in [1.54, 1.807) is 0 Å². The van der Waals surface area contributed by atoms with E-state index < -0.39 is 0 Å². The van der Waals surface area contributed by atoms with Crippen molar-refractivity contribution in [3.05, 3.63) is 48.0 Å². The molecular weight excluding hydrogens is 246 g/mol. The zero-order valence-electron chi connectivity index (χ0n) is 12.7. The molecule has 0 amide bonds. The van der Waals surface area contributed by atoms with Crippen LogP contribution in [-0.4, -0.2) is 11.5 Å². The van der Waals surface area contributed by atoms with Crippen molar-refractivity contribution in [2.24, 2.45) is 0 Å². The maximum atomic E-state index is 4.56. The summed E-state index contributed by atoms with van der Waals surface area (Å²) in [6.45, 7) is 9.59. The zero-order chi connectivity index (χ0) is 14.6. The number of nitrogens with one attached hydrogen (secondary N) is 2. The third-order valence-corrected chi connectivity index (χ3v) is 3.10. The Balaban J connectivity index is 2.28. The van der Waals surface area contributed by atoms with Crippen LogP contribution in [0.5, 0.6) is 0 Å². The Morgan fingerprint density at radius 2 is 1.65 bits per heavy atom. The monoisotopic (exact) mass is 269 g/mol.